The lowest BCUT2D eigenvalue weighted by Crippen LogP contribution is -2.10. The number of carbonyl (C=O) groups excluding carboxylic acids is 2. The van der Waals surface area contributed by atoms with Gasteiger partial charge in [-0.05, 0) is 62.1 Å². The monoisotopic (exact) mass is 370 g/mol. The molecule has 1 atom stereocenters. The summed E-state index contributed by atoms with van der Waals surface area (Å²) in [5.74, 6) is 0.779. The Kier molecular flexibility index (Phi) is 8.31. The molecule has 0 aromatic heterocycles. The average molecular weight is 370 g/mol. The fourth-order valence-electron chi connectivity index (χ4n) is 3.10. The van der Waals surface area contributed by atoms with E-state index >= 15 is 0 Å². The van der Waals surface area contributed by atoms with Gasteiger partial charge < -0.3 is 9.47 Å². The Labute approximate surface area is 161 Å². The van der Waals surface area contributed by atoms with E-state index in [1.165, 1.54) is 0 Å². The minimum atomic E-state index is -0.193. The van der Waals surface area contributed by atoms with Crippen molar-refractivity contribution in [2.24, 2.45) is 0 Å². The van der Waals surface area contributed by atoms with E-state index in [2.05, 4.69) is 13.8 Å². The van der Waals surface area contributed by atoms with Crippen LogP contribution in [0.15, 0.2) is 36.4 Å². The first-order valence-electron chi connectivity index (χ1n) is 9.92. The highest BCUT2D eigenvalue weighted by Crippen LogP contribution is 2.24. The Hall–Kier alpha value is -2.36. The number of fused-ring (bicyclic) bond motifs is 1. The lowest BCUT2D eigenvalue weighted by atomic mass is 10.0. The summed E-state index contributed by atoms with van der Waals surface area (Å²) in [7, 11) is 0. The van der Waals surface area contributed by atoms with Gasteiger partial charge in [0.25, 0.3) is 0 Å². The summed E-state index contributed by atoms with van der Waals surface area (Å²) in [5, 5.41) is 2.10. The SMILES string of the molecule is CCCC(C)Oc1ccc2cc(C(=O)CCCCC(=O)OCC)ccc2c1. The van der Waals surface area contributed by atoms with E-state index in [0.29, 0.717) is 37.9 Å². The van der Waals surface area contributed by atoms with Crippen LogP contribution in [0, 0.1) is 0 Å². The van der Waals surface area contributed by atoms with Crippen LogP contribution in [0.4, 0.5) is 0 Å². The fourth-order valence-corrected chi connectivity index (χ4v) is 3.10. The number of Topliss-reactive ketones (excluding diaryl/α,β-unsaturated/α-hetero) is 1. The predicted octanol–water partition coefficient (Wildman–Crippen LogP) is 5.71. The van der Waals surface area contributed by atoms with Crippen molar-refractivity contribution in [3.8, 4) is 5.75 Å². The van der Waals surface area contributed by atoms with E-state index < -0.39 is 0 Å². The molecule has 2 aromatic carbocycles. The molecule has 0 saturated heterocycles. The highest BCUT2D eigenvalue weighted by Gasteiger charge is 2.09. The number of hydrogen-bond donors (Lipinski definition) is 0. The third-order valence-electron chi connectivity index (χ3n) is 4.51. The molecule has 0 heterocycles. The highest BCUT2D eigenvalue weighted by atomic mass is 16.5. The van der Waals surface area contributed by atoms with Crippen LogP contribution < -0.4 is 4.74 Å². The van der Waals surface area contributed by atoms with E-state index in [-0.39, 0.29) is 17.9 Å². The Balaban J connectivity index is 1.93. The maximum absolute atomic E-state index is 12.4. The second-order valence-electron chi connectivity index (χ2n) is 6.88. The van der Waals surface area contributed by atoms with Crippen LogP contribution in [-0.2, 0) is 9.53 Å². The van der Waals surface area contributed by atoms with Crippen molar-refractivity contribution in [3.63, 3.8) is 0 Å². The third kappa shape index (κ3) is 6.70. The summed E-state index contributed by atoms with van der Waals surface area (Å²) < 4.78 is 10.8. The third-order valence-corrected chi connectivity index (χ3v) is 4.51. The number of rotatable bonds is 11. The molecule has 146 valence electrons. The van der Waals surface area contributed by atoms with Gasteiger partial charge in [0.1, 0.15) is 5.75 Å². The van der Waals surface area contributed by atoms with Crippen LogP contribution in [0.2, 0.25) is 0 Å². The molecule has 1 unspecified atom stereocenters. The second-order valence-corrected chi connectivity index (χ2v) is 6.88. The van der Waals surface area contributed by atoms with E-state index in [1.54, 1.807) is 6.92 Å². The Morgan fingerprint density at radius 2 is 1.67 bits per heavy atom. The summed E-state index contributed by atoms with van der Waals surface area (Å²) in [6.07, 6.45) is 4.51. The number of carbonyl (C=O) groups is 2. The van der Waals surface area contributed by atoms with Crippen LogP contribution in [0.5, 0.6) is 5.75 Å². The van der Waals surface area contributed by atoms with Crippen molar-refractivity contribution in [1.82, 2.24) is 0 Å². The fraction of sp³-hybridized carbons (Fsp3) is 0.478. The van der Waals surface area contributed by atoms with Gasteiger partial charge in [0.15, 0.2) is 5.78 Å². The quantitative estimate of drug-likeness (QED) is 0.289. The first-order valence-corrected chi connectivity index (χ1v) is 9.92. The number of ether oxygens (including phenoxy) is 2. The molecule has 0 saturated carbocycles. The van der Waals surface area contributed by atoms with Crippen molar-refractivity contribution >= 4 is 22.5 Å². The lowest BCUT2D eigenvalue weighted by molar-refractivity contribution is -0.143. The van der Waals surface area contributed by atoms with Crippen LogP contribution in [-0.4, -0.2) is 24.5 Å². The summed E-state index contributed by atoms with van der Waals surface area (Å²) >= 11 is 0. The summed E-state index contributed by atoms with van der Waals surface area (Å²) in [5.41, 5.74) is 0.714. The first-order chi connectivity index (χ1) is 13.0. The van der Waals surface area contributed by atoms with Gasteiger partial charge in [0.05, 0.1) is 12.7 Å². The summed E-state index contributed by atoms with van der Waals surface area (Å²) in [4.78, 5) is 23.7. The molecule has 27 heavy (non-hydrogen) atoms. The van der Waals surface area contributed by atoms with Gasteiger partial charge in [0.2, 0.25) is 0 Å². The number of hydrogen-bond acceptors (Lipinski definition) is 4. The zero-order valence-corrected chi connectivity index (χ0v) is 16.6. The van der Waals surface area contributed by atoms with Gasteiger partial charge in [-0.3, -0.25) is 9.59 Å². The molecule has 0 radical (unpaired) electrons. The van der Waals surface area contributed by atoms with Gasteiger partial charge in [-0.25, -0.2) is 0 Å². The van der Waals surface area contributed by atoms with Gasteiger partial charge in [0, 0.05) is 18.4 Å². The number of unbranched alkanes of at least 4 members (excludes halogenated alkanes) is 1. The number of benzene rings is 2. The zero-order chi connectivity index (χ0) is 19.6. The number of esters is 1. The molecule has 4 nitrogen and oxygen atoms in total. The van der Waals surface area contributed by atoms with E-state index in [9.17, 15) is 9.59 Å². The highest BCUT2D eigenvalue weighted by molar-refractivity contribution is 6.00. The molecule has 2 aromatic rings. The summed E-state index contributed by atoms with van der Waals surface area (Å²) in [6, 6.07) is 11.8. The van der Waals surface area contributed by atoms with Crippen molar-refractivity contribution in [2.45, 2.75) is 65.4 Å². The largest absolute Gasteiger partial charge is 0.491 e. The molecule has 0 fully saturated rings. The van der Waals surface area contributed by atoms with Crippen LogP contribution in [0.25, 0.3) is 10.8 Å². The van der Waals surface area contributed by atoms with E-state index in [4.69, 9.17) is 9.47 Å². The number of ketones is 1. The minimum absolute atomic E-state index is 0.109. The Morgan fingerprint density at radius 1 is 0.963 bits per heavy atom. The van der Waals surface area contributed by atoms with Crippen LogP contribution in [0.1, 0.15) is 69.7 Å². The topological polar surface area (TPSA) is 52.6 Å². The molecule has 0 spiro atoms. The Morgan fingerprint density at radius 3 is 2.41 bits per heavy atom. The molecule has 0 bridgehead atoms. The molecule has 0 aliphatic heterocycles. The molecule has 0 aliphatic carbocycles. The molecule has 4 heteroatoms. The minimum Gasteiger partial charge on any atom is -0.491 e. The van der Waals surface area contributed by atoms with Crippen LogP contribution in [0.3, 0.4) is 0 Å². The molecular weight excluding hydrogens is 340 g/mol. The van der Waals surface area contributed by atoms with E-state index in [1.807, 2.05) is 36.4 Å². The van der Waals surface area contributed by atoms with Crippen LogP contribution >= 0.6 is 0 Å². The Bertz CT molecular complexity index is 766. The molecular formula is C23H30O4. The summed E-state index contributed by atoms with van der Waals surface area (Å²) in [6.45, 7) is 6.42. The van der Waals surface area contributed by atoms with Gasteiger partial charge >= 0.3 is 5.97 Å². The zero-order valence-electron chi connectivity index (χ0n) is 16.6. The molecule has 0 aliphatic rings. The standard InChI is InChI=1S/C23H30O4/c1-4-8-17(3)27-21-14-13-18-15-20(12-11-19(18)16-21)22(24)9-6-7-10-23(25)26-5-2/h11-17H,4-10H2,1-3H3. The molecule has 0 N–H and O–H groups in total. The lowest BCUT2D eigenvalue weighted by Gasteiger charge is -2.14. The second kappa shape index (κ2) is 10.7. The van der Waals surface area contributed by atoms with E-state index in [0.717, 1.165) is 29.4 Å². The normalized spacial score (nSPS) is 12.0. The van der Waals surface area contributed by atoms with Crippen molar-refractivity contribution in [2.75, 3.05) is 6.61 Å². The van der Waals surface area contributed by atoms with Crippen molar-refractivity contribution < 1.29 is 19.1 Å². The maximum atomic E-state index is 12.4. The smallest absolute Gasteiger partial charge is 0.305 e. The van der Waals surface area contributed by atoms with Gasteiger partial charge in [-0.15, -0.1) is 0 Å². The molecule has 2 rings (SSSR count). The van der Waals surface area contributed by atoms with Crippen molar-refractivity contribution in [3.05, 3.63) is 42.0 Å². The molecule has 0 amide bonds. The van der Waals surface area contributed by atoms with Crippen molar-refractivity contribution in [1.29, 1.82) is 0 Å². The first kappa shape index (κ1) is 20.9. The average Bonchev–Trinajstić information content (AvgIpc) is 2.65. The predicted molar refractivity (Wildman–Crippen MR) is 108 cm³/mol. The van der Waals surface area contributed by atoms with Gasteiger partial charge in [-0.1, -0.05) is 31.5 Å². The maximum Gasteiger partial charge on any atom is 0.305 e. The van der Waals surface area contributed by atoms with Gasteiger partial charge in [-0.2, -0.15) is 0 Å².